The van der Waals surface area contributed by atoms with Crippen LogP contribution in [0.3, 0.4) is 0 Å². The number of amides is 1. The molecule has 0 spiro atoms. The molecule has 15 heavy (non-hydrogen) atoms. The predicted molar refractivity (Wildman–Crippen MR) is 53.1 cm³/mol. The summed E-state index contributed by atoms with van der Waals surface area (Å²) in [4.78, 5) is 12.1. The Balaban J connectivity index is 2.42. The van der Waals surface area contributed by atoms with Crippen molar-refractivity contribution in [1.82, 2.24) is 5.16 Å². The van der Waals surface area contributed by atoms with E-state index in [1.807, 2.05) is 6.07 Å². The van der Waals surface area contributed by atoms with E-state index in [1.54, 1.807) is 24.3 Å². The van der Waals surface area contributed by atoms with Gasteiger partial charge in [0.1, 0.15) is 6.26 Å². The molecule has 0 atom stereocenters. The highest BCUT2D eigenvalue weighted by molar-refractivity contribution is 5.93. The van der Waals surface area contributed by atoms with Crippen LogP contribution in [-0.4, -0.2) is 16.4 Å². The average Bonchev–Trinajstić information content (AvgIpc) is 2.72. The largest absolute Gasteiger partial charge is 0.464 e. The van der Waals surface area contributed by atoms with Crippen molar-refractivity contribution in [2.24, 2.45) is 0 Å². The first-order chi connectivity index (χ1) is 7.29. The minimum atomic E-state index is -1.10. The van der Waals surface area contributed by atoms with Crippen molar-refractivity contribution in [1.29, 1.82) is 0 Å². The second kappa shape index (κ2) is 3.83. The van der Waals surface area contributed by atoms with E-state index in [0.29, 0.717) is 5.69 Å². The first-order valence-electron chi connectivity index (χ1n) is 4.27. The smallest absolute Gasteiger partial charge is 0.417 e. The van der Waals surface area contributed by atoms with E-state index in [4.69, 9.17) is 5.11 Å². The van der Waals surface area contributed by atoms with Crippen molar-refractivity contribution >= 4 is 17.6 Å². The van der Waals surface area contributed by atoms with Crippen LogP contribution in [0.5, 0.6) is 0 Å². The summed E-state index contributed by atoms with van der Waals surface area (Å²) in [5, 5.41) is 12.6. The van der Waals surface area contributed by atoms with E-state index in [1.165, 1.54) is 12.3 Å². The average molecular weight is 204 g/mol. The van der Waals surface area contributed by atoms with Gasteiger partial charge in [0.05, 0.1) is 5.69 Å². The van der Waals surface area contributed by atoms with Crippen molar-refractivity contribution in [3.63, 3.8) is 0 Å². The first kappa shape index (κ1) is 9.26. The van der Waals surface area contributed by atoms with Crippen molar-refractivity contribution in [2.75, 3.05) is 4.90 Å². The van der Waals surface area contributed by atoms with Crippen LogP contribution in [0.1, 0.15) is 0 Å². The molecular formula is C10H8N2O3. The quantitative estimate of drug-likeness (QED) is 0.816. The van der Waals surface area contributed by atoms with Gasteiger partial charge in [0.15, 0.2) is 5.82 Å². The molecule has 1 N–H and O–H groups in total. The number of aromatic nitrogens is 1. The molecule has 0 radical (unpaired) electrons. The lowest BCUT2D eigenvalue weighted by molar-refractivity contribution is 0.204. The maximum atomic E-state index is 11.0. The minimum absolute atomic E-state index is 0.244. The topological polar surface area (TPSA) is 66.6 Å². The highest BCUT2D eigenvalue weighted by atomic mass is 16.5. The highest BCUT2D eigenvalue weighted by Gasteiger charge is 2.18. The number of rotatable bonds is 2. The van der Waals surface area contributed by atoms with E-state index in [9.17, 15) is 4.79 Å². The number of carboxylic acid groups (broad SMARTS) is 1. The molecule has 2 aromatic rings. The fourth-order valence-electron chi connectivity index (χ4n) is 1.24. The zero-order valence-corrected chi connectivity index (χ0v) is 7.70. The lowest BCUT2D eigenvalue weighted by atomic mass is 10.3. The molecule has 0 fully saturated rings. The predicted octanol–water partition coefficient (Wildman–Crippen LogP) is 2.49. The first-order valence-corrected chi connectivity index (χ1v) is 4.27. The molecule has 1 heterocycles. The van der Waals surface area contributed by atoms with Gasteiger partial charge in [-0.15, -0.1) is 0 Å². The number of hydrogen-bond donors (Lipinski definition) is 1. The number of hydrogen-bond acceptors (Lipinski definition) is 3. The van der Waals surface area contributed by atoms with Gasteiger partial charge < -0.3 is 9.63 Å². The standard InChI is InChI=1S/C10H8N2O3/c13-10(14)12(9-6-7-15-11-9)8-4-2-1-3-5-8/h1-7H,(H,13,14). The SMILES string of the molecule is O=C(O)N(c1ccccc1)c1ccon1. The Morgan fingerprint density at radius 3 is 2.53 bits per heavy atom. The monoisotopic (exact) mass is 204 g/mol. The molecule has 1 aromatic heterocycles. The van der Waals surface area contributed by atoms with Crippen LogP contribution < -0.4 is 4.90 Å². The summed E-state index contributed by atoms with van der Waals surface area (Å²) in [7, 11) is 0. The van der Waals surface area contributed by atoms with Crippen LogP contribution in [0.2, 0.25) is 0 Å². The van der Waals surface area contributed by atoms with Gasteiger partial charge in [-0.2, -0.15) is 0 Å². The lowest BCUT2D eigenvalue weighted by Gasteiger charge is -2.15. The summed E-state index contributed by atoms with van der Waals surface area (Å²) in [6.07, 6.45) is 0.226. The third-order valence-corrected chi connectivity index (χ3v) is 1.86. The second-order valence-corrected chi connectivity index (χ2v) is 2.81. The third-order valence-electron chi connectivity index (χ3n) is 1.86. The maximum Gasteiger partial charge on any atom is 0.417 e. The van der Waals surface area contributed by atoms with Crippen molar-refractivity contribution in [3.05, 3.63) is 42.7 Å². The molecular weight excluding hydrogens is 196 g/mol. The number of nitrogens with zero attached hydrogens (tertiary/aromatic N) is 2. The second-order valence-electron chi connectivity index (χ2n) is 2.81. The Hall–Kier alpha value is -2.30. The van der Waals surface area contributed by atoms with Crippen LogP contribution >= 0.6 is 0 Å². The highest BCUT2D eigenvalue weighted by Crippen LogP contribution is 2.22. The Morgan fingerprint density at radius 1 is 1.27 bits per heavy atom. The van der Waals surface area contributed by atoms with Crippen LogP contribution in [0.25, 0.3) is 0 Å². The molecule has 76 valence electrons. The zero-order chi connectivity index (χ0) is 10.7. The van der Waals surface area contributed by atoms with Gasteiger partial charge >= 0.3 is 6.09 Å². The number of para-hydroxylation sites is 1. The van der Waals surface area contributed by atoms with E-state index in [0.717, 1.165) is 4.90 Å². The fourth-order valence-corrected chi connectivity index (χ4v) is 1.24. The van der Waals surface area contributed by atoms with Crippen LogP contribution in [0, 0.1) is 0 Å². The van der Waals surface area contributed by atoms with Crippen LogP contribution in [0.15, 0.2) is 47.2 Å². The number of carbonyl (C=O) groups is 1. The zero-order valence-electron chi connectivity index (χ0n) is 7.70. The van der Waals surface area contributed by atoms with Crippen molar-refractivity contribution in [3.8, 4) is 0 Å². The Bertz CT molecular complexity index is 439. The Labute approximate surface area is 85.5 Å². The van der Waals surface area contributed by atoms with E-state index in [-0.39, 0.29) is 5.82 Å². The third kappa shape index (κ3) is 1.80. The van der Waals surface area contributed by atoms with Gasteiger partial charge in [-0.1, -0.05) is 23.4 Å². The number of anilines is 2. The van der Waals surface area contributed by atoms with Crippen LogP contribution in [0.4, 0.5) is 16.3 Å². The van der Waals surface area contributed by atoms with E-state index in [2.05, 4.69) is 9.68 Å². The molecule has 0 bridgehead atoms. The fraction of sp³-hybridized carbons (Fsp3) is 0. The lowest BCUT2D eigenvalue weighted by Crippen LogP contribution is -2.23. The van der Waals surface area contributed by atoms with E-state index >= 15 is 0 Å². The van der Waals surface area contributed by atoms with Gasteiger partial charge in [0, 0.05) is 6.07 Å². The van der Waals surface area contributed by atoms with Crippen LogP contribution in [-0.2, 0) is 0 Å². The molecule has 2 rings (SSSR count). The molecule has 1 amide bonds. The molecule has 0 saturated heterocycles. The van der Waals surface area contributed by atoms with Crippen molar-refractivity contribution < 1.29 is 14.4 Å². The van der Waals surface area contributed by atoms with Gasteiger partial charge in [-0.3, -0.25) is 0 Å². The molecule has 5 nitrogen and oxygen atoms in total. The summed E-state index contributed by atoms with van der Waals surface area (Å²) in [5.41, 5.74) is 0.527. The summed E-state index contributed by atoms with van der Waals surface area (Å²) in [6.45, 7) is 0. The van der Waals surface area contributed by atoms with Gasteiger partial charge in [-0.05, 0) is 12.1 Å². The normalized spacial score (nSPS) is 9.87. The molecule has 0 unspecified atom stereocenters. The molecule has 0 aliphatic rings. The molecule has 0 aliphatic carbocycles. The Morgan fingerprint density at radius 2 is 2.00 bits per heavy atom. The van der Waals surface area contributed by atoms with Gasteiger partial charge in [0.2, 0.25) is 0 Å². The number of benzene rings is 1. The summed E-state index contributed by atoms with van der Waals surface area (Å²) in [5.74, 6) is 0.244. The summed E-state index contributed by atoms with van der Waals surface area (Å²) in [6, 6.07) is 10.2. The maximum absolute atomic E-state index is 11.0. The molecule has 5 heteroatoms. The molecule has 1 aromatic carbocycles. The summed E-state index contributed by atoms with van der Waals surface area (Å²) >= 11 is 0. The molecule has 0 saturated carbocycles. The van der Waals surface area contributed by atoms with E-state index < -0.39 is 6.09 Å². The molecule has 0 aliphatic heterocycles. The van der Waals surface area contributed by atoms with Gasteiger partial charge in [0.25, 0.3) is 0 Å². The minimum Gasteiger partial charge on any atom is -0.464 e. The van der Waals surface area contributed by atoms with Gasteiger partial charge in [-0.25, -0.2) is 9.69 Å². The summed E-state index contributed by atoms with van der Waals surface area (Å²) < 4.78 is 4.61. The van der Waals surface area contributed by atoms with Crippen molar-refractivity contribution in [2.45, 2.75) is 0 Å². The Kier molecular flexibility index (Phi) is 2.37.